The number of isocyanates is 1. The smallest absolute Gasteiger partial charge is 0.328 e. The second kappa shape index (κ2) is 7.85. The Kier molecular flexibility index (Phi) is 5.51. The quantitative estimate of drug-likeness (QED) is 0.323. The molecule has 0 fully saturated rings. The monoisotopic (exact) mass is 422 g/mol. The molecule has 0 spiro atoms. The van der Waals surface area contributed by atoms with Crippen molar-refractivity contribution in [3.05, 3.63) is 62.1 Å². The molecule has 2 atom stereocenters. The van der Waals surface area contributed by atoms with Crippen LogP contribution in [0.5, 0.6) is 0 Å². The first-order chi connectivity index (χ1) is 13.3. The Morgan fingerprint density at radius 1 is 1.36 bits per heavy atom. The Morgan fingerprint density at radius 2 is 2.07 bits per heavy atom. The zero-order chi connectivity index (χ0) is 20.4. The second-order valence-corrected chi connectivity index (χ2v) is 6.76. The lowest BCUT2D eigenvalue weighted by Crippen LogP contribution is -2.44. The van der Waals surface area contributed by atoms with Crippen molar-refractivity contribution in [2.45, 2.75) is 18.5 Å². The molecule has 0 aliphatic carbocycles. The molecule has 2 aromatic rings. The fourth-order valence-corrected chi connectivity index (χ4v) is 3.78. The number of carbonyl (C=O) groups is 1. The normalized spacial score (nSPS) is 18.0. The molecule has 0 bridgehead atoms. The predicted octanol–water partition coefficient (Wildman–Crippen LogP) is 3.97. The van der Waals surface area contributed by atoms with Crippen LogP contribution in [0.4, 0.5) is 17.1 Å². The molecule has 2 N–H and O–H groups in total. The van der Waals surface area contributed by atoms with Crippen molar-refractivity contribution >= 4 is 52.3 Å². The molecular weight excluding hydrogens is 411 g/mol. The molecule has 0 aromatic heterocycles. The number of nitro groups is 1. The highest BCUT2D eigenvalue weighted by atomic mass is 35.5. The summed E-state index contributed by atoms with van der Waals surface area (Å²) in [5, 5.41) is 28.8. The zero-order valence-electron chi connectivity index (χ0n) is 14.0. The summed E-state index contributed by atoms with van der Waals surface area (Å²) in [4.78, 5) is 33.3. The number of fused-ring (bicyclic) bond motifs is 1. The third-order valence-electron chi connectivity index (χ3n) is 4.29. The van der Waals surface area contributed by atoms with E-state index in [1.54, 1.807) is 6.07 Å². The molecule has 0 radical (unpaired) electrons. The zero-order valence-corrected chi connectivity index (χ0v) is 15.5. The van der Waals surface area contributed by atoms with E-state index >= 15 is 0 Å². The number of rotatable bonds is 5. The largest absolute Gasteiger partial charge is 0.480 e. The number of para-hydroxylation sites is 2. The number of carbonyl (C=O) groups excluding carboxylic acids is 1. The van der Waals surface area contributed by atoms with Crippen molar-refractivity contribution in [3.8, 4) is 0 Å². The van der Waals surface area contributed by atoms with Gasteiger partial charge in [0.25, 0.3) is 11.8 Å². The number of hydrogen-bond donors (Lipinski definition) is 2. The van der Waals surface area contributed by atoms with E-state index in [4.69, 9.17) is 23.2 Å². The van der Waals surface area contributed by atoms with Crippen LogP contribution in [0.3, 0.4) is 0 Å². The fraction of sp³-hybridized carbons (Fsp3) is 0.176. The molecule has 0 unspecified atom stereocenters. The summed E-state index contributed by atoms with van der Waals surface area (Å²) >= 11 is 12.4. The summed E-state index contributed by atoms with van der Waals surface area (Å²) in [7, 11) is 0. The van der Waals surface area contributed by atoms with E-state index in [9.17, 15) is 24.8 Å². The molecule has 9 nitrogen and oxygen atoms in total. The van der Waals surface area contributed by atoms with Gasteiger partial charge in [-0.3, -0.25) is 10.1 Å². The van der Waals surface area contributed by atoms with Crippen LogP contribution >= 0.6 is 23.2 Å². The van der Waals surface area contributed by atoms with Crippen LogP contribution in [0.2, 0.25) is 10.0 Å². The molecule has 1 aliphatic rings. The summed E-state index contributed by atoms with van der Waals surface area (Å²) < 4.78 is 0. The van der Waals surface area contributed by atoms with E-state index in [1.807, 2.05) is 0 Å². The standard InChI is InChI=1S/C17H12Cl2N4O5/c18-9-5-10(19)16-12(21-11-3-1-2-4-13(11)23(27)28)7-15(17(25)26)22(20-8-24)14(16)6-9/h1-6,12,15,21H,7H2,(H,25,26)/t12-,15+/m0/s1. The van der Waals surface area contributed by atoms with Gasteiger partial charge in [0, 0.05) is 28.1 Å². The third-order valence-corrected chi connectivity index (χ3v) is 4.82. The maximum atomic E-state index is 11.8. The molecule has 1 aliphatic heterocycles. The second-order valence-electron chi connectivity index (χ2n) is 5.92. The van der Waals surface area contributed by atoms with Gasteiger partial charge in [-0.25, -0.2) is 14.6 Å². The van der Waals surface area contributed by atoms with E-state index < -0.39 is 23.0 Å². The first kappa shape index (κ1) is 19.6. The number of carboxylic acids is 1. The molecule has 0 saturated heterocycles. The highest BCUT2D eigenvalue weighted by Crippen LogP contribution is 2.45. The first-order valence-electron chi connectivity index (χ1n) is 7.92. The lowest BCUT2D eigenvalue weighted by atomic mass is 9.91. The highest BCUT2D eigenvalue weighted by molar-refractivity contribution is 6.35. The van der Waals surface area contributed by atoms with Crippen LogP contribution in [-0.4, -0.2) is 28.1 Å². The number of nitrogens with zero attached hydrogens (tertiary/aromatic N) is 3. The van der Waals surface area contributed by atoms with Crippen molar-refractivity contribution in [3.63, 3.8) is 0 Å². The summed E-state index contributed by atoms with van der Waals surface area (Å²) in [5.41, 5.74) is 0.650. The molecule has 3 rings (SSSR count). The fourth-order valence-electron chi connectivity index (χ4n) is 3.16. The average Bonchev–Trinajstić information content (AvgIpc) is 2.63. The van der Waals surface area contributed by atoms with Crippen molar-refractivity contribution < 1.29 is 19.6 Å². The van der Waals surface area contributed by atoms with Crippen molar-refractivity contribution in [1.29, 1.82) is 0 Å². The molecule has 28 heavy (non-hydrogen) atoms. The number of nitro benzene ring substituents is 1. The van der Waals surface area contributed by atoms with Gasteiger partial charge in [-0.1, -0.05) is 40.4 Å². The molecule has 1 heterocycles. The molecule has 144 valence electrons. The topological polar surface area (TPSA) is 125 Å². The van der Waals surface area contributed by atoms with E-state index in [0.717, 1.165) is 5.01 Å². The highest BCUT2D eigenvalue weighted by Gasteiger charge is 2.39. The van der Waals surface area contributed by atoms with Gasteiger partial charge < -0.3 is 10.4 Å². The van der Waals surface area contributed by atoms with Gasteiger partial charge >= 0.3 is 5.97 Å². The van der Waals surface area contributed by atoms with Gasteiger partial charge in [0.15, 0.2) is 6.04 Å². The Balaban J connectivity index is 2.15. The summed E-state index contributed by atoms with van der Waals surface area (Å²) in [6.45, 7) is 0. The number of aliphatic carboxylic acids is 1. The van der Waals surface area contributed by atoms with Crippen LogP contribution in [0.1, 0.15) is 18.0 Å². The van der Waals surface area contributed by atoms with Crippen molar-refractivity contribution in [1.82, 2.24) is 0 Å². The summed E-state index contributed by atoms with van der Waals surface area (Å²) in [6.07, 6.45) is 1.26. The molecule has 0 saturated carbocycles. The van der Waals surface area contributed by atoms with Gasteiger partial charge in [0.05, 0.1) is 16.7 Å². The minimum absolute atomic E-state index is 0.0685. The number of hydrazone groups is 1. The van der Waals surface area contributed by atoms with E-state index in [2.05, 4.69) is 10.4 Å². The van der Waals surface area contributed by atoms with Gasteiger partial charge in [-0.15, -0.1) is 0 Å². The Labute approximate surface area is 168 Å². The summed E-state index contributed by atoms with van der Waals surface area (Å²) in [6, 6.07) is 6.91. The van der Waals surface area contributed by atoms with Crippen molar-refractivity contribution in [2.75, 3.05) is 10.3 Å². The van der Waals surface area contributed by atoms with Gasteiger partial charge in [0.1, 0.15) is 5.69 Å². The van der Waals surface area contributed by atoms with Crippen LogP contribution in [0, 0.1) is 10.1 Å². The maximum Gasteiger partial charge on any atom is 0.328 e. The Hall–Kier alpha value is -3.13. The Bertz CT molecular complexity index is 1010. The third kappa shape index (κ3) is 3.63. The predicted molar refractivity (Wildman–Crippen MR) is 103 cm³/mol. The molecular formula is C17H12Cl2N4O5. The summed E-state index contributed by atoms with van der Waals surface area (Å²) in [5.74, 6) is -1.24. The lowest BCUT2D eigenvalue weighted by molar-refractivity contribution is -0.384. The Morgan fingerprint density at radius 3 is 2.71 bits per heavy atom. The minimum Gasteiger partial charge on any atom is -0.480 e. The van der Waals surface area contributed by atoms with Crippen LogP contribution in [-0.2, 0) is 9.59 Å². The van der Waals surface area contributed by atoms with Gasteiger partial charge in [0.2, 0.25) is 0 Å². The molecule has 0 amide bonds. The van der Waals surface area contributed by atoms with E-state index in [-0.39, 0.29) is 33.5 Å². The number of hydrogen-bond acceptors (Lipinski definition) is 7. The molecule has 2 aromatic carbocycles. The SMILES string of the molecule is O=C=NN1c2cc(Cl)cc(Cl)c2[C@@H](Nc2ccccc2[N+](=O)[O-])C[C@@H]1C(=O)O. The first-order valence-corrected chi connectivity index (χ1v) is 8.67. The van der Waals surface area contributed by atoms with Gasteiger partial charge in [-0.05, 0) is 18.2 Å². The van der Waals surface area contributed by atoms with Crippen LogP contribution in [0.25, 0.3) is 0 Å². The number of carboxylic acid groups (broad SMARTS) is 1. The number of anilines is 2. The molecule has 11 heteroatoms. The minimum atomic E-state index is -1.24. The van der Waals surface area contributed by atoms with E-state index in [1.165, 1.54) is 36.4 Å². The number of halogens is 2. The average molecular weight is 423 g/mol. The van der Waals surface area contributed by atoms with Gasteiger partial charge in [-0.2, -0.15) is 0 Å². The number of benzene rings is 2. The van der Waals surface area contributed by atoms with Crippen molar-refractivity contribution in [2.24, 2.45) is 5.10 Å². The maximum absolute atomic E-state index is 11.8. The number of nitrogens with one attached hydrogen (secondary N) is 1. The van der Waals surface area contributed by atoms with Crippen LogP contribution in [0.15, 0.2) is 41.5 Å². The van der Waals surface area contributed by atoms with E-state index in [0.29, 0.717) is 5.56 Å². The van der Waals surface area contributed by atoms with Crippen LogP contribution < -0.4 is 10.3 Å². The lowest BCUT2D eigenvalue weighted by Gasteiger charge is -2.37.